The molecule has 1 atom stereocenters. The molecule has 1 amide bonds. The second kappa shape index (κ2) is 8.72. The van der Waals surface area contributed by atoms with Crippen molar-refractivity contribution >= 4 is 50.5 Å². The summed E-state index contributed by atoms with van der Waals surface area (Å²) >= 11 is 12.1. The van der Waals surface area contributed by atoms with Gasteiger partial charge in [-0.05, 0) is 49.1 Å². The quantitative estimate of drug-likeness (QED) is 0.666. The molecule has 0 aromatic heterocycles. The molecular formula is C20H24Cl2N2O3S. The fourth-order valence-corrected chi connectivity index (χ4v) is 4.72. The van der Waals surface area contributed by atoms with Crippen LogP contribution < -0.4 is 9.62 Å². The topological polar surface area (TPSA) is 66.5 Å². The lowest BCUT2D eigenvalue weighted by atomic mass is 9.98. The first-order valence-electron chi connectivity index (χ1n) is 8.77. The number of benzene rings is 2. The Bertz CT molecular complexity index is 971. The molecular weight excluding hydrogens is 419 g/mol. The summed E-state index contributed by atoms with van der Waals surface area (Å²) in [5.74, 6) is -0.249. The molecule has 0 aliphatic rings. The minimum Gasteiger partial charge on any atom is -0.324 e. The number of para-hydroxylation sites is 1. The molecule has 0 saturated heterocycles. The first-order valence-corrected chi connectivity index (χ1v) is 11.4. The van der Waals surface area contributed by atoms with Crippen molar-refractivity contribution in [1.29, 1.82) is 0 Å². The number of rotatable bonds is 6. The summed E-state index contributed by atoms with van der Waals surface area (Å²) in [6.45, 7) is 7.49. The normalized spacial score (nSPS) is 12.7. The Hall–Kier alpha value is -1.76. The summed E-state index contributed by atoms with van der Waals surface area (Å²) in [6, 6.07) is 9.20. The van der Waals surface area contributed by atoms with E-state index in [1.165, 1.54) is 25.1 Å². The van der Waals surface area contributed by atoms with Crippen LogP contribution in [-0.2, 0) is 14.8 Å². The largest absolute Gasteiger partial charge is 0.324 e. The lowest BCUT2D eigenvalue weighted by molar-refractivity contribution is -0.116. The molecule has 0 saturated carbocycles. The first kappa shape index (κ1) is 22.5. The number of nitrogens with zero attached hydrogens (tertiary/aromatic N) is 1. The van der Waals surface area contributed by atoms with Crippen LogP contribution in [0.15, 0.2) is 36.4 Å². The van der Waals surface area contributed by atoms with Gasteiger partial charge in [-0.25, -0.2) is 8.42 Å². The molecule has 2 rings (SSSR count). The lowest BCUT2D eigenvalue weighted by Crippen LogP contribution is -2.45. The molecule has 0 unspecified atom stereocenters. The third-order valence-corrected chi connectivity index (χ3v) is 6.04. The molecule has 0 spiro atoms. The highest BCUT2D eigenvalue weighted by molar-refractivity contribution is 7.92. The minimum absolute atomic E-state index is 0.197. The van der Waals surface area contributed by atoms with Crippen molar-refractivity contribution in [3.63, 3.8) is 0 Å². The molecule has 1 N–H and O–H groups in total. The maximum absolute atomic E-state index is 13.0. The van der Waals surface area contributed by atoms with E-state index >= 15 is 0 Å². The van der Waals surface area contributed by atoms with Crippen LogP contribution in [0.25, 0.3) is 0 Å². The Morgan fingerprint density at radius 2 is 1.64 bits per heavy atom. The van der Waals surface area contributed by atoms with E-state index in [9.17, 15) is 13.2 Å². The smallest absolute Gasteiger partial charge is 0.248 e. The summed E-state index contributed by atoms with van der Waals surface area (Å²) in [4.78, 5) is 13.0. The number of nitrogens with one attached hydrogen (secondary N) is 1. The third-order valence-electron chi connectivity index (χ3n) is 4.37. The molecule has 2 aromatic carbocycles. The number of sulfonamides is 1. The van der Waals surface area contributed by atoms with Crippen molar-refractivity contribution in [3.8, 4) is 0 Å². The van der Waals surface area contributed by atoms with E-state index in [0.717, 1.165) is 21.7 Å². The van der Waals surface area contributed by atoms with Gasteiger partial charge < -0.3 is 5.32 Å². The highest BCUT2D eigenvalue weighted by atomic mass is 35.5. The summed E-state index contributed by atoms with van der Waals surface area (Å²) in [5.41, 5.74) is 2.82. The van der Waals surface area contributed by atoms with Gasteiger partial charge in [0.1, 0.15) is 6.04 Å². The summed E-state index contributed by atoms with van der Waals surface area (Å²) in [6.07, 6.45) is 1.04. The first-order chi connectivity index (χ1) is 12.9. The zero-order chi connectivity index (χ0) is 21.2. The number of anilines is 2. The zero-order valence-electron chi connectivity index (χ0n) is 16.5. The van der Waals surface area contributed by atoms with Gasteiger partial charge in [-0.2, -0.15) is 0 Å². The van der Waals surface area contributed by atoms with E-state index in [4.69, 9.17) is 23.2 Å². The van der Waals surface area contributed by atoms with Gasteiger partial charge in [0.15, 0.2) is 0 Å². The number of hydrogen-bond donors (Lipinski definition) is 1. The predicted octanol–water partition coefficient (Wildman–Crippen LogP) is 5.22. The number of carbonyl (C=O) groups excluding carboxylic acids is 1. The SMILES string of the molecule is Cc1cccc(C(C)C)c1NC(=O)[C@@H](C)N(c1cc(Cl)cc(Cl)c1)S(C)(=O)=O. The Kier molecular flexibility index (Phi) is 7.02. The number of amides is 1. The van der Waals surface area contributed by atoms with Crippen molar-refractivity contribution in [3.05, 3.63) is 57.6 Å². The molecule has 0 aliphatic heterocycles. The second-order valence-corrected chi connectivity index (χ2v) is 9.78. The van der Waals surface area contributed by atoms with Crippen LogP contribution in [0.1, 0.15) is 37.8 Å². The van der Waals surface area contributed by atoms with Crippen molar-refractivity contribution in [2.24, 2.45) is 0 Å². The van der Waals surface area contributed by atoms with Gasteiger partial charge in [-0.15, -0.1) is 0 Å². The minimum atomic E-state index is -3.77. The molecule has 0 aliphatic carbocycles. The number of halogens is 2. The van der Waals surface area contributed by atoms with Crippen molar-refractivity contribution in [2.45, 2.75) is 39.7 Å². The lowest BCUT2D eigenvalue weighted by Gasteiger charge is -2.29. The molecule has 152 valence electrons. The van der Waals surface area contributed by atoms with E-state index in [0.29, 0.717) is 5.69 Å². The molecule has 0 radical (unpaired) electrons. The monoisotopic (exact) mass is 442 g/mol. The predicted molar refractivity (Wildman–Crippen MR) is 117 cm³/mol. The fourth-order valence-electron chi connectivity index (χ4n) is 3.05. The van der Waals surface area contributed by atoms with Crippen LogP contribution in [0.4, 0.5) is 11.4 Å². The molecule has 8 heteroatoms. The van der Waals surface area contributed by atoms with Gasteiger partial charge in [-0.1, -0.05) is 55.2 Å². The third kappa shape index (κ3) is 5.19. The van der Waals surface area contributed by atoms with E-state index in [2.05, 4.69) is 5.32 Å². The Balaban J connectivity index is 2.44. The van der Waals surface area contributed by atoms with Crippen molar-refractivity contribution in [1.82, 2.24) is 0 Å². The maximum atomic E-state index is 13.0. The van der Waals surface area contributed by atoms with Gasteiger partial charge in [0.25, 0.3) is 0 Å². The van der Waals surface area contributed by atoms with Crippen LogP contribution in [0, 0.1) is 6.92 Å². The van der Waals surface area contributed by atoms with Gasteiger partial charge in [0, 0.05) is 15.7 Å². The highest BCUT2D eigenvalue weighted by Crippen LogP contribution is 2.30. The van der Waals surface area contributed by atoms with Crippen molar-refractivity contribution < 1.29 is 13.2 Å². The van der Waals surface area contributed by atoms with Gasteiger partial charge in [0.2, 0.25) is 15.9 Å². The highest BCUT2D eigenvalue weighted by Gasteiger charge is 2.30. The van der Waals surface area contributed by atoms with E-state index in [1.807, 2.05) is 39.0 Å². The summed E-state index contributed by atoms with van der Waals surface area (Å²) in [5, 5.41) is 3.46. The molecule has 28 heavy (non-hydrogen) atoms. The average molecular weight is 443 g/mol. The molecule has 5 nitrogen and oxygen atoms in total. The number of carbonyl (C=O) groups is 1. The van der Waals surface area contributed by atoms with E-state index in [-0.39, 0.29) is 21.7 Å². The number of aryl methyl sites for hydroxylation is 1. The van der Waals surface area contributed by atoms with Gasteiger partial charge >= 0.3 is 0 Å². The molecule has 2 aromatic rings. The molecule has 0 fully saturated rings. The Morgan fingerprint density at radius 3 is 2.14 bits per heavy atom. The zero-order valence-corrected chi connectivity index (χ0v) is 18.8. The van der Waals surface area contributed by atoms with Crippen LogP contribution in [-0.4, -0.2) is 26.6 Å². The maximum Gasteiger partial charge on any atom is 0.248 e. The standard InChI is InChI=1S/C20H24Cl2N2O3S/c1-12(2)18-8-6-7-13(3)19(18)23-20(25)14(4)24(28(5,26)27)17-10-15(21)9-16(22)11-17/h6-12,14H,1-5H3,(H,23,25)/t14-/m1/s1. The summed E-state index contributed by atoms with van der Waals surface area (Å²) < 4.78 is 25.9. The molecule has 0 heterocycles. The fraction of sp³-hybridized carbons (Fsp3) is 0.350. The van der Waals surface area contributed by atoms with Crippen LogP contribution >= 0.6 is 23.2 Å². The van der Waals surface area contributed by atoms with Gasteiger partial charge in [0.05, 0.1) is 11.9 Å². The molecule has 0 bridgehead atoms. The summed E-state index contributed by atoms with van der Waals surface area (Å²) in [7, 11) is -3.77. The van der Waals surface area contributed by atoms with Gasteiger partial charge in [-0.3, -0.25) is 9.10 Å². The average Bonchev–Trinajstić information content (AvgIpc) is 2.54. The van der Waals surface area contributed by atoms with E-state index in [1.54, 1.807) is 0 Å². The van der Waals surface area contributed by atoms with E-state index < -0.39 is 22.0 Å². The van der Waals surface area contributed by atoms with Crippen LogP contribution in [0.5, 0.6) is 0 Å². The van der Waals surface area contributed by atoms with Crippen LogP contribution in [0.2, 0.25) is 10.0 Å². The van der Waals surface area contributed by atoms with Crippen LogP contribution in [0.3, 0.4) is 0 Å². The second-order valence-electron chi connectivity index (χ2n) is 7.05. The number of hydrogen-bond acceptors (Lipinski definition) is 3. The Morgan fingerprint density at radius 1 is 1.07 bits per heavy atom. The Labute approximate surface area is 176 Å². The van der Waals surface area contributed by atoms with Crippen molar-refractivity contribution in [2.75, 3.05) is 15.9 Å².